The molecular formula is C45H66N3O10P. The van der Waals surface area contributed by atoms with Crippen LogP contribution in [0.4, 0.5) is 0 Å². The number of unbranched alkanes of at least 4 members (excludes halogenated alkanes) is 6. The molecule has 0 aromatic heterocycles. The van der Waals surface area contributed by atoms with Gasteiger partial charge in [0, 0.05) is 19.3 Å². The molecule has 3 aromatic rings. The predicted molar refractivity (Wildman–Crippen MR) is 230 cm³/mol. The van der Waals surface area contributed by atoms with Gasteiger partial charge in [0.1, 0.15) is 17.2 Å². The monoisotopic (exact) mass is 839 g/mol. The summed E-state index contributed by atoms with van der Waals surface area (Å²) in [6.45, 7) is 5.29. The van der Waals surface area contributed by atoms with E-state index in [0.29, 0.717) is 72.5 Å². The first-order valence-corrected chi connectivity index (χ1v) is 22.4. The van der Waals surface area contributed by atoms with Crippen LogP contribution in [0, 0.1) is 0 Å². The highest BCUT2D eigenvalue weighted by molar-refractivity contribution is 7.48. The molecule has 0 saturated carbocycles. The smallest absolute Gasteiger partial charge is 0.475 e. The maximum Gasteiger partial charge on any atom is 0.475 e. The second kappa shape index (κ2) is 27.4. The summed E-state index contributed by atoms with van der Waals surface area (Å²) in [6, 6.07) is 19.2. The first kappa shape index (κ1) is 48.9. The van der Waals surface area contributed by atoms with Crippen LogP contribution < -0.4 is 30.2 Å². The average molecular weight is 840 g/mol. The second-order valence-corrected chi connectivity index (χ2v) is 16.1. The summed E-state index contributed by atoms with van der Waals surface area (Å²) in [6.07, 6.45) is 8.63. The Morgan fingerprint density at radius 1 is 0.492 bits per heavy atom. The van der Waals surface area contributed by atoms with Crippen molar-refractivity contribution in [1.29, 1.82) is 0 Å². The number of hydrogen-bond donors (Lipinski definition) is 3. The number of carbonyl (C=O) groups is 3. The van der Waals surface area contributed by atoms with Crippen LogP contribution in [0.15, 0.2) is 72.8 Å². The third-order valence-electron chi connectivity index (χ3n) is 9.71. The zero-order chi connectivity index (χ0) is 42.9. The van der Waals surface area contributed by atoms with Crippen molar-refractivity contribution in [3.8, 4) is 17.2 Å². The number of phosphoric acid groups is 1. The molecule has 59 heavy (non-hydrogen) atoms. The van der Waals surface area contributed by atoms with Crippen molar-refractivity contribution in [2.45, 2.75) is 116 Å². The first-order chi connectivity index (χ1) is 28.6. The SMILES string of the molecule is CCCCCC(=O)NC(COP(=O)(OCC(NC(=O)CCCCC)c1cccc(OC)c1)OCC(NC(=O)CCCCC)c1cccc(OC)c1)c1cccc(OC)c1. The Balaban J connectivity index is 2.01. The molecule has 3 rings (SSSR count). The van der Waals surface area contributed by atoms with E-state index in [4.69, 9.17) is 27.8 Å². The van der Waals surface area contributed by atoms with Crippen molar-refractivity contribution in [1.82, 2.24) is 16.0 Å². The van der Waals surface area contributed by atoms with Crippen LogP contribution in [0.2, 0.25) is 0 Å². The molecule has 0 fully saturated rings. The molecule has 326 valence electrons. The van der Waals surface area contributed by atoms with E-state index < -0.39 is 25.9 Å². The Morgan fingerprint density at radius 2 is 0.780 bits per heavy atom. The third kappa shape index (κ3) is 18.2. The van der Waals surface area contributed by atoms with Crippen molar-refractivity contribution in [3.63, 3.8) is 0 Å². The van der Waals surface area contributed by atoms with E-state index in [2.05, 4.69) is 36.7 Å². The Hall–Kier alpha value is -4.42. The molecule has 3 aromatic carbocycles. The number of carbonyl (C=O) groups excluding carboxylic acids is 3. The number of amides is 3. The summed E-state index contributed by atoms with van der Waals surface area (Å²) in [4.78, 5) is 39.6. The van der Waals surface area contributed by atoms with Gasteiger partial charge in [-0.1, -0.05) is 95.7 Å². The highest BCUT2D eigenvalue weighted by Gasteiger charge is 2.33. The minimum Gasteiger partial charge on any atom is -0.497 e. The molecule has 14 heteroatoms. The lowest BCUT2D eigenvalue weighted by Crippen LogP contribution is -2.33. The normalized spacial score (nSPS) is 13.7. The summed E-state index contributed by atoms with van der Waals surface area (Å²) in [7, 11) is 0.0896. The zero-order valence-corrected chi connectivity index (χ0v) is 36.7. The van der Waals surface area contributed by atoms with Gasteiger partial charge in [0.15, 0.2) is 0 Å². The number of benzene rings is 3. The van der Waals surface area contributed by atoms with Gasteiger partial charge in [-0.25, -0.2) is 4.57 Å². The summed E-state index contributed by atoms with van der Waals surface area (Å²) < 4.78 is 49.9. The van der Waals surface area contributed by atoms with E-state index in [9.17, 15) is 14.4 Å². The van der Waals surface area contributed by atoms with Crippen LogP contribution in [0.1, 0.15) is 133 Å². The molecule has 0 aliphatic rings. The van der Waals surface area contributed by atoms with Crippen molar-refractivity contribution in [2.24, 2.45) is 0 Å². The summed E-state index contributed by atoms with van der Waals surface area (Å²) >= 11 is 0. The van der Waals surface area contributed by atoms with E-state index in [1.54, 1.807) is 75.9 Å². The lowest BCUT2D eigenvalue weighted by molar-refractivity contribution is -0.122. The zero-order valence-electron chi connectivity index (χ0n) is 35.8. The van der Waals surface area contributed by atoms with Crippen LogP contribution in [-0.4, -0.2) is 58.9 Å². The molecule has 0 radical (unpaired) electrons. The minimum atomic E-state index is -4.55. The van der Waals surface area contributed by atoms with E-state index in [1.165, 1.54) is 0 Å². The van der Waals surface area contributed by atoms with Crippen molar-refractivity contribution < 1.29 is 46.7 Å². The van der Waals surface area contributed by atoms with E-state index in [1.807, 2.05) is 18.2 Å². The molecule has 0 spiro atoms. The molecule has 0 heterocycles. The van der Waals surface area contributed by atoms with Crippen LogP contribution in [0.3, 0.4) is 0 Å². The van der Waals surface area contributed by atoms with E-state index >= 15 is 4.57 Å². The molecule has 13 nitrogen and oxygen atoms in total. The average Bonchev–Trinajstić information content (AvgIpc) is 3.25. The van der Waals surface area contributed by atoms with Gasteiger partial charge in [-0.05, 0) is 72.4 Å². The minimum absolute atomic E-state index is 0.195. The Morgan fingerprint density at radius 3 is 1.03 bits per heavy atom. The number of nitrogens with one attached hydrogen (secondary N) is 3. The lowest BCUT2D eigenvalue weighted by atomic mass is 10.1. The Labute approximate surface area is 351 Å². The van der Waals surface area contributed by atoms with Crippen molar-refractivity contribution in [2.75, 3.05) is 41.2 Å². The molecule has 0 saturated heterocycles. The van der Waals surface area contributed by atoms with Gasteiger partial charge < -0.3 is 30.2 Å². The molecule has 3 amide bonds. The highest BCUT2D eigenvalue weighted by atomic mass is 31.2. The van der Waals surface area contributed by atoms with Crippen LogP contribution in [0.25, 0.3) is 0 Å². The van der Waals surface area contributed by atoms with Crippen molar-refractivity contribution in [3.05, 3.63) is 89.5 Å². The van der Waals surface area contributed by atoms with Crippen molar-refractivity contribution >= 4 is 25.5 Å². The number of phosphoric ester groups is 1. The van der Waals surface area contributed by atoms with Gasteiger partial charge in [-0.3, -0.25) is 28.0 Å². The molecule has 3 unspecified atom stereocenters. The fourth-order valence-corrected chi connectivity index (χ4v) is 7.47. The van der Waals surface area contributed by atoms with Crippen LogP contribution in [0.5, 0.6) is 17.2 Å². The number of hydrogen-bond acceptors (Lipinski definition) is 10. The van der Waals surface area contributed by atoms with Gasteiger partial charge in [-0.15, -0.1) is 0 Å². The molecule has 0 aliphatic heterocycles. The fourth-order valence-electron chi connectivity index (χ4n) is 6.25. The van der Waals surface area contributed by atoms with Crippen LogP contribution in [-0.2, 0) is 32.5 Å². The van der Waals surface area contributed by atoms with Gasteiger partial charge in [0.05, 0.1) is 59.3 Å². The van der Waals surface area contributed by atoms with Gasteiger partial charge in [0.2, 0.25) is 17.7 Å². The maximum absolute atomic E-state index is 15.0. The second-order valence-electron chi connectivity index (χ2n) is 14.4. The predicted octanol–water partition coefficient (Wildman–Crippen LogP) is 9.48. The van der Waals surface area contributed by atoms with E-state index in [-0.39, 0.29) is 37.5 Å². The number of rotatable bonds is 30. The van der Waals surface area contributed by atoms with Gasteiger partial charge in [0.25, 0.3) is 0 Å². The first-order valence-electron chi connectivity index (χ1n) is 20.9. The Bertz CT molecular complexity index is 1560. The lowest BCUT2D eigenvalue weighted by Gasteiger charge is -2.27. The van der Waals surface area contributed by atoms with E-state index in [0.717, 1.165) is 38.5 Å². The van der Waals surface area contributed by atoms with Crippen LogP contribution >= 0.6 is 7.82 Å². The largest absolute Gasteiger partial charge is 0.497 e. The summed E-state index contributed by atoms with van der Waals surface area (Å²) in [5.41, 5.74) is 1.96. The summed E-state index contributed by atoms with van der Waals surface area (Å²) in [5.74, 6) is 1.11. The fraction of sp³-hybridized carbons (Fsp3) is 0.533. The molecule has 0 aliphatic carbocycles. The standard InChI is InChI=1S/C45H66N3O10P/c1-7-10-13-25-43(49)46-40(34-19-16-22-37(28-34)53-4)31-56-59(52,57-32-41(47-44(50)26-14-11-8-2)35-20-17-23-38(29-35)54-5)58-33-42(48-45(51)27-15-12-9-3)36-21-18-24-39(30-36)55-6/h16-24,28-30,40-42H,7-15,25-27,31-33H2,1-6H3,(H,46,49)(H,47,50)(H,48,51). The van der Waals surface area contributed by atoms with Gasteiger partial charge in [-0.2, -0.15) is 0 Å². The topological polar surface area (TPSA) is 160 Å². The molecule has 0 bridgehead atoms. The molecular weight excluding hydrogens is 773 g/mol. The summed E-state index contributed by atoms with van der Waals surface area (Å²) in [5, 5.41) is 9.09. The highest BCUT2D eigenvalue weighted by Crippen LogP contribution is 2.51. The number of ether oxygens (including phenoxy) is 3. The molecule has 3 N–H and O–H groups in total. The van der Waals surface area contributed by atoms with Gasteiger partial charge >= 0.3 is 7.82 Å². The maximum atomic E-state index is 15.0. The Kier molecular flexibility index (Phi) is 22.7. The third-order valence-corrected chi connectivity index (χ3v) is 11.1. The quantitative estimate of drug-likeness (QED) is 0.0436. The molecule has 3 atom stereocenters. The number of methoxy groups -OCH3 is 3.